The first-order valence-electron chi connectivity index (χ1n) is 8.80. The monoisotopic (exact) mass is 330 g/mol. The molecule has 0 aliphatic carbocycles. The van der Waals surface area contributed by atoms with Crippen LogP contribution < -0.4 is 0 Å². The Kier molecular flexibility index (Phi) is 5.14. The molecule has 3 heterocycles. The summed E-state index contributed by atoms with van der Waals surface area (Å²) in [4.78, 5) is 34.8. The number of hydrogen-bond acceptors (Lipinski definition) is 4. The summed E-state index contributed by atoms with van der Waals surface area (Å²) >= 11 is 0. The fourth-order valence-corrected chi connectivity index (χ4v) is 3.66. The molecule has 2 atom stereocenters. The number of piperazine rings is 1. The Bertz CT molecular complexity index is 584. The first-order valence-corrected chi connectivity index (χ1v) is 8.80. The summed E-state index contributed by atoms with van der Waals surface area (Å²) in [6.45, 7) is 8.62. The van der Waals surface area contributed by atoms with Gasteiger partial charge in [-0.15, -0.1) is 0 Å². The second-order valence-corrected chi connectivity index (χ2v) is 6.66. The van der Waals surface area contributed by atoms with E-state index in [2.05, 4.69) is 22.9 Å². The van der Waals surface area contributed by atoms with Crippen molar-refractivity contribution in [3.05, 3.63) is 30.1 Å². The molecular formula is C18H26N4O2. The van der Waals surface area contributed by atoms with Crippen molar-refractivity contribution < 1.29 is 9.59 Å². The van der Waals surface area contributed by atoms with Crippen LogP contribution in [0.5, 0.6) is 0 Å². The van der Waals surface area contributed by atoms with E-state index in [1.165, 1.54) is 5.56 Å². The van der Waals surface area contributed by atoms with Crippen molar-refractivity contribution in [3.63, 3.8) is 0 Å². The van der Waals surface area contributed by atoms with Crippen LogP contribution in [0.25, 0.3) is 0 Å². The van der Waals surface area contributed by atoms with Crippen LogP contribution >= 0.6 is 0 Å². The molecule has 2 aliphatic rings. The Labute approximate surface area is 143 Å². The third kappa shape index (κ3) is 3.43. The van der Waals surface area contributed by atoms with Crippen LogP contribution in [0.2, 0.25) is 0 Å². The molecule has 1 aromatic heterocycles. The maximum Gasteiger partial charge on any atom is 0.228 e. The average Bonchev–Trinajstić information content (AvgIpc) is 3.02. The molecule has 2 amide bonds. The van der Waals surface area contributed by atoms with Crippen molar-refractivity contribution in [1.82, 2.24) is 19.7 Å². The van der Waals surface area contributed by atoms with Gasteiger partial charge >= 0.3 is 0 Å². The van der Waals surface area contributed by atoms with Crippen LogP contribution in [0.1, 0.15) is 31.9 Å². The van der Waals surface area contributed by atoms with E-state index in [-0.39, 0.29) is 17.7 Å². The van der Waals surface area contributed by atoms with Crippen molar-refractivity contribution in [2.24, 2.45) is 5.92 Å². The van der Waals surface area contributed by atoms with Gasteiger partial charge in [0.1, 0.15) is 0 Å². The van der Waals surface area contributed by atoms with Crippen LogP contribution in [0, 0.1) is 5.92 Å². The molecule has 0 spiro atoms. The zero-order valence-corrected chi connectivity index (χ0v) is 14.5. The average molecular weight is 330 g/mol. The Morgan fingerprint density at radius 2 is 2.08 bits per heavy atom. The van der Waals surface area contributed by atoms with Crippen molar-refractivity contribution in [2.75, 3.05) is 39.3 Å². The number of likely N-dealkylation sites (tertiary alicyclic amines) is 1. The van der Waals surface area contributed by atoms with E-state index in [9.17, 15) is 9.59 Å². The molecule has 2 aliphatic heterocycles. The molecule has 6 nitrogen and oxygen atoms in total. The zero-order valence-electron chi connectivity index (χ0n) is 14.5. The van der Waals surface area contributed by atoms with Gasteiger partial charge in [0.25, 0.3) is 0 Å². The van der Waals surface area contributed by atoms with Gasteiger partial charge in [-0.1, -0.05) is 6.07 Å². The van der Waals surface area contributed by atoms with Gasteiger partial charge in [-0.2, -0.15) is 0 Å². The van der Waals surface area contributed by atoms with E-state index >= 15 is 0 Å². The molecule has 0 unspecified atom stereocenters. The van der Waals surface area contributed by atoms with Crippen LogP contribution in [-0.2, 0) is 9.59 Å². The number of hydrogen-bond donors (Lipinski definition) is 0. The lowest BCUT2D eigenvalue weighted by molar-refractivity contribution is -0.137. The van der Waals surface area contributed by atoms with Crippen LogP contribution in [0.4, 0.5) is 0 Å². The third-order valence-corrected chi connectivity index (χ3v) is 5.29. The van der Waals surface area contributed by atoms with Gasteiger partial charge in [0.15, 0.2) is 0 Å². The highest BCUT2D eigenvalue weighted by molar-refractivity contribution is 5.89. The van der Waals surface area contributed by atoms with Crippen LogP contribution in [0.3, 0.4) is 0 Å². The molecule has 3 rings (SSSR count). The Balaban J connectivity index is 1.53. The third-order valence-electron chi connectivity index (χ3n) is 5.29. The summed E-state index contributed by atoms with van der Waals surface area (Å²) in [5, 5.41) is 0. The highest BCUT2D eigenvalue weighted by atomic mass is 16.2. The molecule has 1 aromatic rings. The van der Waals surface area contributed by atoms with E-state index < -0.39 is 0 Å². The second-order valence-electron chi connectivity index (χ2n) is 6.66. The van der Waals surface area contributed by atoms with Gasteiger partial charge < -0.3 is 9.80 Å². The first-order chi connectivity index (χ1) is 11.6. The maximum absolute atomic E-state index is 12.7. The lowest BCUT2D eigenvalue weighted by Crippen LogP contribution is -2.51. The van der Waals surface area contributed by atoms with E-state index in [4.69, 9.17) is 0 Å². The molecule has 0 bridgehead atoms. The Morgan fingerprint density at radius 3 is 2.67 bits per heavy atom. The summed E-state index contributed by atoms with van der Waals surface area (Å²) in [6, 6.07) is 4.36. The normalized spacial score (nSPS) is 23.6. The van der Waals surface area contributed by atoms with Gasteiger partial charge in [-0.25, -0.2) is 0 Å². The number of amides is 2. The number of carbonyl (C=O) groups is 2. The summed E-state index contributed by atoms with van der Waals surface area (Å²) in [7, 11) is 0. The van der Waals surface area contributed by atoms with Gasteiger partial charge in [-0.3, -0.25) is 19.5 Å². The molecule has 0 saturated carbocycles. The molecule has 0 radical (unpaired) electrons. The molecule has 24 heavy (non-hydrogen) atoms. The van der Waals surface area contributed by atoms with Gasteiger partial charge in [-0.05, 0) is 25.5 Å². The lowest BCUT2D eigenvalue weighted by Gasteiger charge is -2.39. The Morgan fingerprint density at radius 1 is 1.33 bits per heavy atom. The number of carbonyl (C=O) groups excluding carboxylic acids is 2. The van der Waals surface area contributed by atoms with Gasteiger partial charge in [0, 0.05) is 64.1 Å². The minimum absolute atomic E-state index is 0.111. The first kappa shape index (κ1) is 16.9. The smallest absolute Gasteiger partial charge is 0.228 e. The van der Waals surface area contributed by atoms with Crippen LogP contribution in [-0.4, -0.2) is 70.8 Å². The lowest BCUT2D eigenvalue weighted by atomic mass is 10.1. The molecule has 0 N–H and O–H groups in total. The fraction of sp³-hybridized carbons (Fsp3) is 0.611. The van der Waals surface area contributed by atoms with E-state index in [0.717, 1.165) is 26.2 Å². The second kappa shape index (κ2) is 7.30. The summed E-state index contributed by atoms with van der Waals surface area (Å²) in [6.07, 6.45) is 4.07. The predicted molar refractivity (Wildman–Crippen MR) is 91.2 cm³/mol. The van der Waals surface area contributed by atoms with Gasteiger partial charge in [0.2, 0.25) is 11.8 Å². The highest BCUT2D eigenvalue weighted by Gasteiger charge is 2.36. The molecular weight excluding hydrogens is 304 g/mol. The number of pyridine rings is 1. The van der Waals surface area contributed by atoms with Crippen molar-refractivity contribution in [1.29, 1.82) is 0 Å². The SMILES string of the molecule is CCN1C[C@H](C(=O)N2CCN([C@@H](C)c3cccnc3)CC2)CC1=O. The number of rotatable bonds is 4. The summed E-state index contributed by atoms with van der Waals surface area (Å²) < 4.78 is 0. The van der Waals surface area contributed by atoms with Crippen molar-refractivity contribution in [3.8, 4) is 0 Å². The molecule has 2 fully saturated rings. The van der Waals surface area contributed by atoms with E-state index in [0.29, 0.717) is 25.6 Å². The van der Waals surface area contributed by atoms with Gasteiger partial charge in [0.05, 0.1) is 5.92 Å². The Hall–Kier alpha value is -1.95. The fourth-order valence-electron chi connectivity index (χ4n) is 3.66. The summed E-state index contributed by atoms with van der Waals surface area (Å²) in [5.74, 6) is 0.104. The standard InChI is InChI=1S/C18H26N4O2/c1-3-20-13-16(11-17(20)23)18(24)22-9-7-21(8-10-22)14(2)15-5-4-6-19-12-15/h4-6,12,14,16H,3,7-11,13H2,1-2H3/t14-,16+/m0/s1. The largest absolute Gasteiger partial charge is 0.342 e. The topological polar surface area (TPSA) is 56.8 Å². The van der Waals surface area contributed by atoms with Crippen molar-refractivity contribution >= 4 is 11.8 Å². The van der Waals surface area contributed by atoms with Crippen molar-refractivity contribution in [2.45, 2.75) is 26.3 Å². The predicted octanol–water partition coefficient (Wildman–Crippen LogP) is 1.16. The quantitative estimate of drug-likeness (QED) is 0.831. The van der Waals surface area contributed by atoms with E-state index in [1.54, 1.807) is 11.1 Å². The van der Waals surface area contributed by atoms with Crippen LogP contribution in [0.15, 0.2) is 24.5 Å². The summed E-state index contributed by atoms with van der Waals surface area (Å²) in [5.41, 5.74) is 1.21. The highest BCUT2D eigenvalue weighted by Crippen LogP contribution is 2.23. The molecule has 6 heteroatoms. The molecule has 0 aromatic carbocycles. The number of nitrogens with zero attached hydrogens (tertiary/aromatic N) is 4. The minimum Gasteiger partial charge on any atom is -0.342 e. The van der Waals surface area contributed by atoms with E-state index in [1.807, 2.05) is 24.1 Å². The molecule has 130 valence electrons. The molecule has 2 saturated heterocycles. The number of aromatic nitrogens is 1. The zero-order chi connectivity index (χ0) is 17.1. The maximum atomic E-state index is 12.7. The minimum atomic E-state index is -0.153.